The molecule has 1 rings (SSSR count). The highest BCUT2D eigenvalue weighted by molar-refractivity contribution is 5.69. The fourth-order valence-electron chi connectivity index (χ4n) is 2.03. The minimum absolute atomic E-state index is 0.257. The Labute approximate surface area is 85.3 Å². The fraction of sp³-hybridized carbons (Fsp3) is 0.900. The zero-order chi connectivity index (χ0) is 10.6. The van der Waals surface area contributed by atoms with Crippen molar-refractivity contribution in [2.24, 2.45) is 5.92 Å². The molecular weight excluding hydrogens is 180 g/mol. The largest absolute Gasteiger partial charge is 0.481 e. The van der Waals surface area contributed by atoms with Crippen molar-refractivity contribution in [1.82, 2.24) is 10.2 Å². The first kappa shape index (κ1) is 11.5. The van der Waals surface area contributed by atoms with E-state index in [4.69, 9.17) is 5.11 Å². The molecule has 1 heterocycles. The van der Waals surface area contributed by atoms with Gasteiger partial charge in [0, 0.05) is 19.1 Å². The third kappa shape index (κ3) is 2.96. The second kappa shape index (κ2) is 5.32. The topological polar surface area (TPSA) is 52.6 Å². The minimum atomic E-state index is -0.694. The van der Waals surface area contributed by atoms with Crippen molar-refractivity contribution in [3.8, 4) is 0 Å². The predicted molar refractivity (Wildman–Crippen MR) is 55.3 cm³/mol. The van der Waals surface area contributed by atoms with Crippen LogP contribution in [0.1, 0.15) is 19.8 Å². The summed E-state index contributed by atoms with van der Waals surface area (Å²) < 4.78 is 0. The standard InChI is InChI=1S/C10H20N2O2/c1-8(10(13)14)7-12-5-3-4-9(12)6-11-2/h8-9,11H,3-7H2,1-2H3,(H,13,14). The summed E-state index contributed by atoms with van der Waals surface area (Å²) in [5, 5.41) is 12.0. The fourth-order valence-corrected chi connectivity index (χ4v) is 2.03. The molecule has 0 saturated carbocycles. The van der Waals surface area contributed by atoms with Crippen LogP contribution in [-0.4, -0.2) is 48.7 Å². The highest BCUT2D eigenvalue weighted by atomic mass is 16.4. The average Bonchev–Trinajstić information content (AvgIpc) is 2.53. The van der Waals surface area contributed by atoms with Gasteiger partial charge in [-0.3, -0.25) is 9.69 Å². The third-order valence-electron chi connectivity index (χ3n) is 2.87. The molecule has 4 heteroatoms. The summed E-state index contributed by atoms with van der Waals surface area (Å²) in [6, 6.07) is 0.529. The summed E-state index contributed by atoms with van der Waals surface area (Å²) in [6.45, 7) is 4.47. The van der Waals surface area contributed by atoms with Gasteiger partial charge in [-0.05, 0) is 26.4 Å². The molecule has 0 aliphatic carbocycles. The quantitative estimate of drug-likeness (QED) is 0.674. The summed E-state index contributed by atoms with van der Waals surface area (Å²) in [6.07, 6.45) is 2.38. The zero-order valence-corrected chi connectivity index (χ0v) is 8.99. The van der Waals surface area contributed by atoms with E-state index in [1.165, 1.54) is 12.8 Å². The van der Waals surface area contributed by atoms with Crippen molar-refractivity contribution in [2.45, 2.75) is 25.8 Å². The van der Waals surface area contributed by atoms with Crippen LogP contribution in [0, 0.1) is 5.92 Å². The maximum Gasteiger partial charge on any atom is 0.307 e. The van der Waals surface area contributed by atoms with Crippen LogP contribution < -0.4 is 5.32 Å². The molecule has 0 aromatic carbocycles. The number of nitrogens with zero attached hydrogens (tertiary/aromatic N) is 1. The number of rotatable bonds is 5. The molecule has 0 radical (unpaired) electrons. The van der Waals surface area contributed by atoms with Crippen LogP contribution in [0.4, 0.5) is 0 Å². The van der Waals surface area contributed by atoms with Gasteiger partial charge < -0.3 is 10.4 Å². The van der Waals surface area contributed by atoms with E-state index in [0.29, 0.717) is 12.6 Å². The lowest BCUT2D eigenvalue weighted by molar-refractivity contribution is -0.141. The van der Waals surface area contributed by atoms with E-state index >= 15 is 0 Å². The zero-order valence-electron chi connectivity index (χ0n) is 8.99. The van der Waals surface area contributed by atoms with Gasteiger partial charge in [0.15, 0.2) is 0 Å². The van der Waals surface area contributed by atoms with Gasteiger partial charge in [-0.15, -0.1) is 0 Å². The van der Waals surface area contributed by atoms with Gasteiger partial charge in [0.2, 0.25) is 0 Å². The van der Waals surface area contributed by atoms with Crippen LogP contribution >= 0.6 is 0 Å². The molecule has 2 unspecified atom stereocenters. The number of carboxylic acids is 1. The van der Waals surface area contributed by atoms with Crippen molar-refractivity contribution in [3.05, 3.63) is 0 Å². The van der Waals surface area contributed by atoms with E-state index in [-0.39, 0.29) is 5.92 Å². The van der Waals surface area contributed by atoms with E-state index in [0.717, 1.165) is 13.1 Å². The molecule has 2 atom stereocenters. The van der Waals surface area contributed by atoms with Crippen molar-refractivity contribution in [1.29, 1.82) is 0 Å². The molecule has 82 valence electrons. The number of hydrogen-bond acceptors (Lipinski definition) is 3. The second-order valence-electron chi connectivity index (χ2n) is 4.09. The molecule has 1 saturated heterocycles. The normalized spacial score (nSPS) is 25.1. The monoisotopic (exact) mass is 200 g/mol. The van der Waals surface area contributed by atoms with Crippen molar-refractivity contribution < 1.29 is 9.90 Å². The molecule has 14 heavy (non-hydrogen) atoms. The van der Waals surface area contributed by atoms with Crippen LogP contribution in [0.5, 0.6) is 0 Å². The molecule has 0 spiro atoms. The lowest BCUT2D eigenvalue weighted by Crippen LogP contribution is -2.40. The number of likely N-dealkylation sites (tertiary alicyclic amines) is 1. The SMILES string of the molecule is CNCC1CCCN1CC(C)C(=O)O. The molecule has 2 N–H and O–H groups in total. The number of hydrogen-bond donors (Lipinski definition) is 2. The molecule has 1 fully saturated rings. The van der Waals surface area contributed by atoms with E-state index in [9.17, 15) is 4.79 Å². The summed E-state index contributed by atoms with van der Waals surface area (Å²) in [5.41, 5.74) is 0. The van der Waals surface area contributed by atoms with E-state index in [1.54, 1.807) is 6.92 Å². The molecule has 0 amide bonds. The number of aliphatic carboxylic acids is 1. The van der Waals surface area contributed by atoms with E-state index in [1.807, 2.05) is 7.05 Å². The van der Waals surface area contributed by atoms with Crippen LogP contribution in [-0.2, 0) is 4.79 Å². The maximum atomic E-state index is 10.7. The van der Waals surface area contributed by atoms with Crippen LogP contribution in [0.15, 0.2) is 0 Å². The van der Waals surface area contributed by atoms with Gasteiger partial charge in [-0.2, -0.15) is 0 Å². The Morgan fingerprint density at radius 2 is 2.43 bits per heavy atom. The number of likely N-dealkylation sites (N-methyl/N-ethyl adjacent to an activating group) is 1. The predicted octanol–water partition coefficient (Wildman–Crippen LogP) is 0.391. The lowest BCUT2D eigenvalue weighted by Gasteiger charge is -2.25. The lowest BCUT2D eigenvalue weighted by atomic mass is 10.1. The Hall–Kier alpha value is -0.610. The smallest absolute Gasteiger partial charge is 0.307 e. The maximum absolute atomic E-state index is 10.7. The van der Waals surface area contributed by atoms with Crippen molar-refractivity contribution in [3.63, 3.8) is 0 Å². The summed E-state index contributed by atoms with van der Waals surface area (Å²) in [5.74, 6) is -0.951. The molecular formula is C10H20N2O2. The average molecular weight is 200 g/mol. The van der Waals surface area contributed by atoms with E-state index in [2.05, 4.69) is 10.2 Å². The number of nitrogens with one attached hydrogen (secondary N) is 1. The summed E-state index contributed by atoms with van der Waals surface area (Å²) >= 11 is 0. The van der Waals surface area contributed by atoms with Gasteiger partial charge in [0.1, 0.15) is 0 Å². The van der Waals surface area contributed by atoms with E-state index < -0.39 is 5.97 Å². The highest BCUT2D eigenvalue weighted by Gasteiger charge is 2.26. The number of carbonyl (C=O) groups is 1. The van der Waals surface area contributed by atoms with Gasteiger partial charge >= 0.3 is 5.97 Å². The van der Waals surface area contributed by atoms with Gasteiger partial charge in [0.25, 0.3) is 0 Å². The third-order valence-corrected chi connectivity index (χ3v) is 2.87. The summed E-state index contributed by atoms with van der Waals surface area (Å²) in [7, 11) is 1.94. The van der Waals surface area contributed by atoms with Crippen LogP contribution in [0.2, 0.25) is 0 Å². The molecule has 4 nitrogen and oxygen atoms in total. The Morgan fingerprint density at radius 1 is 1.71 bits per heavy atom. The summed E-state index contributed by atoms with van der Waals surface area (Å²) in [4.78, 5) is 13.0. The van der Waals surface area contributed by atoms with Crippen molar-refractivity contribution in [2.75, 3.05) is 26.7 Å². The Kier molecular flexibility index (Phi) is 4.35. The Bertz CT molecular complexity index is 197. The number of carboxylic acid groups (broad SMARTS) is 1. The van der Waals surface area contributed by atoms with Crippen molar-refractivity contribution >= 4 is 5.97 Å². The molecule has 1 aliphatic heterocycles. The molecule has 0 aromatic heterocycles. The Morgan fingerprint density at radius 3 is 3.00 bits per heavy atom. The molecule has 0 bridgehead atoms. The Balaban J connectivity index is 2.38. The minimum Gasteiger partial charge on any atom is -0.481 e. The van der Waals surface area contributed by atoms with Crippen LogP contribution in [0.3, 0.4) is 0 Å². The first-order valence-corrected chi connectivity index (χ1v) is 5.26. The molecule has 0 aromatic rings. The first-order chi connectivity index (χ1) is 6.65. The first-order valence-electron chi connectivity index (χ1n) is 5.26. The second-order valence-corrected chi connectivity index (χ2v) is 4.09. The molecule has 1 aliphatic rings. The highest BCUT2D eigenvalue weighted by Crippen LogP contribution is 2.17. The van der Waals surface area contributed by atoms with Gasteiger partial charge in [-0.1, -0.05) is 6.92 Å². The van der Waals surface area contributed by atoms with Gasteiger partial charge in [-0.25, -0.2) is 0 Å². The van der Waals surface area contributed by atoms with Gasteiger partial charge in [0.05, 0.1) is 5.92 Å². The van der Waals surface area contributed by atoms with Crippen LogP contribution in [0.25, 0.3) is 0 Å².